The lowest BCUT2D eigenvalue weighted by Gasteiger charge is -2.16. The highest BCUT2D eigenvalue weighted by atomic mass is 32.1. The lowest BCUT2D eigenvalue weighted by atomic mass is 10.0. The topological polar surface area (TPSA) is 183 Å². The van der Waals surface area contributed by atoms with Gasteiger partial charge in [0, 0.05) is 58.1 Å². The average Bonchev–Trinajstić information content (AvgIpc) is 4.10. The standard InChI is InChI=1S/C27H22N4O4S.C18H13N3O2S2/c32-16-19-5-4-8-21(13-19)25-15-28-27(35-25)30-23(14-18-9-11-22(12-10-18)31(33)34)24-17-36-26(29-24)20-6-2-1-3-7-20;22-21(23)15-8-6-13(7-9-15)10-16(19-12-24)17-11-25-18(20-17)14-4-2-1-3-5-14/h1-13,15,17,23,32H,14,16H2,(H,28,30);1-9,11,16H,10H2/t23-;16-/m00/s1. The molecule has 0 aliphatic rings. The van der Waals surface area contributed by atoms with Crippen LogP contribution in [-0.4, -0.2) is 35.1 Å². The van der Waals surface area contributed by atoms with Crippen LogP contribution in [0.4, 0.5) is 17.4 Å². The summed E-state index contributed by atoms with van der Waals surface area (Å²) in [4.78, 5) is 39.1. The highest BCUT2D eigenvalue weighted by molar-refractivity contribution is 7.78. The highest BCUT2D eigenvalue weighted by Crippen LogP contribution is 2.33. The number of nitro groups is 2. The fourth-order valence-corrected chi connectivity index (χ4v) is 8.11. The molecule has 304 valence electrons. The molecule has 5 aromatic carbocycles. The van der Waals surface area contributed by atoms with Crippen LogP contribution >= 0.6 is 34.9 Å². The van der Waals surface area contributed by atoms with Crippen molar-refractivity contribution in [2.75, 3.05) is 5.32 Å². The van der Waals surface area contributed by atoms with Gasteiger partial charge in [0.2, 0.25) is 0 Å². The Hall–Kier alpha value is -7.07. The van der Waals surface area contributed by atoms with Crippen molar-refractivity contribution < 1.29 is 19.4 Å². The molecule has 0 aliphatic heterocycles. The summed E-state index contributed by atoms with van der Waals surface area (Å²) < 4.78 is 5.98. The molecule has 0 unspecified atom stereocenters. The SMILES string of the molecule is O=[N+]([O-])c1ccc(C[C@H](N=C=S)c2csc(-c3ccccc3)n2)cc1.O=[N+]([O-])c1ccc(C[C@H](Nc2ncc(-c3cccc(CO)c3)o2)c2csc(-c3ccccc3)n2)cc1. The maximum atomic E-state index is 11.0. The van der Waals surface area contributed by atoms with Gasteiger partial charge in [0.05, 0.1) is 45.2 Å². The Morgan fingerprint density at radius 1 is 0.705 bits per heavy atom. The van der Waals surface area contributed by atoms with Crippen molar-refractivity contribution in [2.45, 2.75) is 31.5 Å². The molecule has 3 heterocycles. The number of thiocarbonyl (C=S) groups is 1. The summed E-state index contributed by atoms with van der Waals surface area (Å²) in [6.07, 6.45) is 2.71. The van der Waals surface area contributed by atoms with Gasteiger partial charge in [-0.1, -0.05) is 103 Å². The van der Waals surface area contributed by atoms with E-state index in [0.29, 0.717) is 24.6 Å². The van der Waals surface area contributed by atoms with Gasteiger partial charge in [-0.3, -0.25) is 20.2 Å². The fourth-order valence-electron chi connectivity index (χ4n) is 6.23. The number of hydrogen-bond donors (Lipinski definition) is 2. The number of non-ortho nitro benzene ring substituents is 2. The van der Waals surface area contributed by atoms with E-state index in [1.807, 2.05) is 95.7 Å². The summed E-state index contributed by atoms with van der Waals surface area (Å²) >= 11 is 7.87. The molecule has 0 fully saturated rings. The van der Waals surface area contributed by atoms with E-state index in [4.69, 9.17) is 21.6 Å². The average molecular weight is 866 g/mol. The van der Waals surface area contributed by atoms with E-state index >= 15 is 0 Å². The number of nitro benzene ring substituents is 2. The predicted octanol–water partition coefficient (Wildman–Crippen LogP) is 11.4. The van der Waals surface area contributed by atoms with Crippen molar-refractivity contribution in [2.24, 2.45) is 4.99 Å². The van der Waals surface area contributed by atoms with Crippen molar-refractivity contribution in [1.82, 2.24) is 15.0 Å². The molecule has 0 saturated carbocycles. The molecule has 2 atom stereocenters. The third-order valence-corrected chi connectivity index (χ3v) is 11.3. The maximum Gasteiger partial charge on any atom is 0.295 e. The fraction of sp³-hybridized carbons (Fsp3) is 0.111. The summed E-state index contributed by atoms with van der Waals surface area (Å²) in [6.45, 7) is -0.0576. The van der Waals surface area contributed by atoms with Crippen LogP contribution in [0.2, 0.25) is 0 Å². The van der Waals surface area contributed by atoms with Crippen molar-refractivity contribution in [1.29, 1.82) is 0 Å². The molecule has 0 bridgehead atoms. The van der Waals surface area contributed by atoms with E-state index in [9.17, 15) is 25.3 Å². The summed E-state index contributed by atoms with van der Waals surface area (Å²) in [5, 5.41) is 42.8. The maximum absolute atomic E-state index is 11.0. The van der Waals surface area contributed by atoms with Crippen LogP contribution in [0.15, 0.2) is 160 Å². The molecule has 8 rings (SSSR count). The molecule has 0 aliphatic carbocycles. The van der Waals surface area contributed by atoms with Gasteiger partial charge in [-0.05, 0) is 41.4 Å². The van der Waals surface area contributed by atoms with Gasteiger partial charge in [0.15, 0.2) is 5.76 Å². The number of hydrogen-bond acceptors (Lipinski definition) is 14. The molecule has 0 saturated heterocycles. The van der Waals surface area contributed by atoms with Crippen molar-refractivity contribution in [3.05, 3.63) is 199 Å². The monoisotopic (exact) mass is 865 g/mol. The second-order valence-electron chi connectivity index (χ2n) is 13.5. The summed E-state index contributed by atoms with van der Waals surface area (Å²) in [6, 6.07) is 40.1. The Morgan fingerprint density at radius 2 is 1.25 bits per heavy atom. The first-order chi connectivity index (χ1) is 29.8. The van der Waals surface area contributed by atoms with Gasteiger partial charge >= 0.3 is 0 Å². The summed E-state index contributed by atoms with van der Waals surface area (Å²) in [5.74, 6) is 0.574. The van der Waals surface area contributed by atoms with Gasteiger partial charge in [-0.15, -0.1) is 22.7 Å². The Labute approximate surface area is 363 Å². The number of nitrogens with one attached hydrogen (secondary N) is 1. The third-order valence-electron chi connectivity index (χ3n) is 9.35. The number of anilines is 1. The number of aliphatic hydroxyl groups excluding tert-OH is 1. The number of nitrogens with zero attached hydrogens (tertiary/aromatic N) is 6. The smallest absolute Gasteiger partial charge is 0.295 e. The van der Waals surface area contributed by atoms with E-state index in [1.54, 1.807) is 53.1 Å². The van der Waals surface area contributed by atoms with Gasteiger partial charge in [-0.2, -0.15) is 0 Å². The molecule has 13 nitrogen and oxygen atoms in total. The minimum absolute atomic E-state index is 0.0470. The van der Waals surface area contributed by atoms with Gasteiger partial charge in [0.1, 0.15) is 16.1 Å². The summed E-state index contributed by atoms with van der Waals surface area (Å²) in [5.41, 5.74) is 7.28. The quantitative estimate of drug-likeness (QED) is 0.0433. The van der Waals surface area contributed by atoms with E-state index in [0.717, 1.165) is 54.8 Å². The number of benzene rings is 5. The zero-order chi connectivity index (χ0) is 42.6. The molecule has 61 heavy (non-hydrogen) atoms. The van der Waals surface area contributed by atoms with Gasteiger partial charge in [-0.25, -0.2) is 19.9 Å². The molecular weight excluding hydrogens is 831 g/mol. The molecular formula is C45H35N7O6S3. The molecule has 2 N–H and O–H groups in total. The van der Waals surface area contributed by atoms with E-state index in [2.05, 4.69) is 25.4 Å². The van der Waals surface area contributed by atoms with Crippen LogP contribution in [0, 0.1) is 20.2 Å². The Kier molecular flexibility index (Phi) is 14.0. The zero-order valence-corrected chi connectivity index (χ0v) is 34.6. The van der Waals surface area contributed by atoms with Crippen LogP contribution in [0.1, 0.15) is 40.2 Å². The number of rotatable bonds is 15. The largest absolute Gasteiger partial charge is 0.424 e. The number of thiazole rings is 2. The van der Waals surface area contributed by atoms with Gasteiger partial charge in [0.25, 0.3) is 17.4 Å². The number of aliphatic imine (C=N–C) groups is 1. The van der Waals surface area contributed by atoms with E-state index in [-0.39, 0.29) is 30.1 Å². The molecule has 0 amide bonds. The normalized spacial score (nSPS) is 11.7. The van der Waals surface area contributed by atoms with Crippen LogP contribution in [0.5, 0.6) is 0 Å². The van der Waals surface area contributed by atoms with E-state index in [1.165, 1.54) is 24.3 Å². The Bertz CT molecular complexity index is 2750. The lowest BCUT2D eigenvalue weighted by Crippen LogP contribution is -2.14. The Morgan fingerprint density at radius 3 is 1.80 bits per heavy atom. The molecule has 0 radical (unpaired) electrons. The van der Waals surface area contributed by atoms with E-state index < -0.39 is 9.85 Å². The number of isothiocyanates is 1. The van der Waals surface area contributed by atoms with Crippen molar-refractivity contribution in [3.63, 3.8) is 0 Å². The highest BCUT2D eigenvalue weighted by Gasteiger charge is 2.21. The second kappa shape index (κ2) is 20.3. The minimum Gasteiger partial charge on any atom is -0.424 e. The van der Waals surface area contributed by atoms with Crippen molar-refractivity contribution >= 4 is 57.4 Å². The molecule has 16 heteroatoms. The number of oxazole rings is 1. The molecule has 0 spiro atoms. The number of aliphatic hydroxyl groups is 1. The van der Waals surface area contributed by atoms with Crippen LogP contribution in [0.3, 0.4) is 0 Å². The zero-order valence-electron chi connectivity index (χ0n) is 32.1. The lowest BCUT2D eigenvalue weighted by molar-refractivity contribution is -0.385. The predicted molar refractivity (Wildman–Crippen MR) is 241 cm³/mol. The molecule has 3 aromatic heterocycles. The van der Waals surface area contributed by atoms with Crippen LogP contribution in [-0.2, 0) is 19.4 Å². The first kappa shape index (κ1) is 42.1. The minimum atomic E-state index is -0.414. The van der Waals surface area contributed by atoms with Crippen LogP contribution < -0.4 is 5.32 Å². The second-order valence-corrected chi connectivity index (χ2v) is 15.4. The van der Waals surface area contributed by atoms with Gasteiger partial charge < -0.3 is 14.8 Å². The first-order valence-electron chi connectivity index (χ1n) is 18.7. The Balaban J connectivity index is 0.000000197. The molecule has 8 aromatic rings. The summed E-state index contributed by atoms with van der Waals surface area (Å²) in [7, 11) is 0. The van der Waals surface area contributed by atoms with Crippen molar-refractivity contribution in [3.8, 4) is 32.5 Å². The third kappa shape index (κ3) is 11.2. The number of aromatic nitrogens is 3. The first-order valence-corrected chi connectivity index (χ1v) is 20.9. The van der Waals surface area contributed by atoms with Crippen LogP contribution in [0.25, 0.3) is 32.5 Å².